The topological polar surface area (TPSA) is 212 Å². The maximum Gasteiger partial charge on any atom is 0.473 e. The Morgan fingerprint density at radius 1 is 1.00 bits per heavy atom. The molecule has 0 bridgehead atoms. The number of ether oxygens (including phenoxy) is 4. The van der Waals surface area contributed by atoms with Crippen LogP contribution in [-0.2, 0) is 42.9 Å². The summed E-state index contributed by atoms with van der Waals surface area (Å²) < 4.78 is 22.7. The van der Waals surface area contributed by atoms with Gasteiger partial charge in [-0.1, -0.05) is 0 Å². The van der Waals surface area contributed by atoms with Gasteiger partial charge in [0.15, 0.2) is 24.0 Å². The number of amides is 2. The average Bonchev–Trinajstić information content (AvgIpc) is 3.32. The Bertz CT molecular complexity index is 1280. The van der Waals surface area contributed by atoms with Crippen LogP contribution in [-0.4, -0.2) is 79.1 Å². The molecule has 4 atom stereocenters. The van der Waals surface area contributed by atoms with E-state index in [0.717, 1.165) is 45.5 Å². The number of imide groups is 1. The lowest BCUT2D eigenvalue weighted by atomic mass is 10.1. The number of hydrogen-bond donors (Lipinski definition) is 0. The molecule has 17 heteroatoms. The summed E-state index contributed by atoms with van der Waals surface area (Å²) in [5.41, 5.74) is -0.449. The molecule has 1 fully saturated rings. The minimum absolute atomic E-state index is 0.186. The number of nitro groups is 1. The normalized spacial score (nSPS) is 20.8. The number of nitrogens with zero attached hydrogens (tertiary/aromatic N) is 6. The molecule has 1 aliphatic rings. The van der Waals surface area contributed by atoms with Crippen LogP contribution >= 0.6 is 0 Å². The molecule has 0 saturated carbocycles. The van der Waals surface area contributed by atoms with Gasteiger partial charge in [-0.05, 0) is 14.9 Å². The molecule has 0 aliphatic carbocycles. The van der Waals surface area contributed by atoms with Crippen molar-refractivity contribution in [1.82, 2.24) is 19.5 Å². The second-order valence-electron chi connectivity index (χ2n) is 7.82. The van der Waals surface area contributed by atoms with Crippen molar-refractivity contribution in [2.75, 3.05) is 11.5 Å². The highest BCUT2D eigenvalue weighted by Crippen LogP contribution is 2.37. The van der Waals surface area contributed by atoms with E-state index in [1.807, 2.05) is 0 Å². The molecule has 2 amide bonds. The first-order valence-electron chi connectivity index (χ1n) is 10.6. The van der Waals surface area contributed by atoms with Crippen LogP contribution < -0.4 is 4.90 Å². The highest BCUT2D eigenvalue weighted by molar-refractivity contribution is 6.15. The average molecular weight is 522 g/mol. The summed E-state index contributed by atoms with van der Waals surface area (Å²) in [7, 11) is 0. The van der Waals surface area contributed by atoms with E-state index in [2.05, 4.69) is 15.0 Å². The summed E-state index contributed by atoms with van der Waals surface area (Å²) in [6.07, 6.45) is -3.96. The van der Waals surface area contributed by atoms with Crippen molar-refractivity contribution in [2.24, 2.45) is 0 Å². The zero-order valence-electron chi connectivity index (χ0n) is 20.3. The van der Waals surface area contributed by atoms with Crippen molar-refractivity contribution < 1.29 is 47.8 Å². The third-order valence-corrected chi connectivity index (χ3v) is 5.01. The Balaban J connectivity index is 2.21. The quantitative estimate of drug-likeness (QED) is 0.202. The molecule has 2 aromatic heterocycles. The Morgan fingerprint density at radius 2 is 1.59 bits per heavy atom. The maximum atomic E-state index is 12.1. The number of fused-ring (bicyclic) bond motifs is 1. The summed E-state index contributed by atoms with van der Waals surface area (Å²) in [5, 5.41) is 11.6. The first kappa shape index (κ1) is 27.1. The Labute approximate surface area is 207 Å². The van der Waals surface area contributed by atoms with E-state index in [9.17, 15) is 34.1 Å². The minimum atomic E-state index is -1.34. The molecule has 1 aliphatic heterocycles. The van der Waals surface area contributed by atoms with Crippen LogP contribution in [0.25, 0.3) is 11.2 Å². The summed E-state index contributed by atoms with van der Waals surface area (Å²) in [6, 6.07) is 0. The van der Waals surface area contributed by atoms with Crippen molar-refractivity contribution in [2.45, 2.75) is 59.2 Å². The van der Waals surface area contributed by atoms with Gasteiger partial charge in [-0.3, -0.25) is 28.5 Å². The van der Waals surface area contributed by atoms with E-state index in [0.29, 0.717) is 4.90 Å². The zero-order valence-corrected chi connectivity index (χ0v) is 20.3. The van der Waals surface area contributed by atoms with Crippen LogP contribution in [0.1, 0.15) is 40.8 Å². The maximum absolute atomic E-state index is 12.1. The molecule has 1 saturated heterocycles. The Morgan fingerprint density at radius 3 is 2.11 bits per heavy atom. The second kappa shape index (κ2) is 10.6. The van der Waals surface area contributed by atoms with Gasteiger partial charge in [0, 0.05) is 34.6 Å². The largest absolute Gasteiger partial charge is 0.473 e. The number of rotatable bonds is 7. The van der Waals surface area contributed by atoms with Crippen molar-refractivity contribution in [3.63, 3.8) is 0 Å². The van der Waals surface area contributed by atoms with Crippen molar-refractivity contribution in [3.8, 4) is 0 Å². The molecule has 3 heterocycles. The van der Waals surface area contributed by atoms with E-state index in [4.69, 9.17) is 18.9 Å². The fourth-order valence-electron chi connectivity index (χ4n) is 3.75. The SMILES string of the molecule is CC(=O)OCC1OC(n2cnc3c(N(C(C)=O)C(C)=O)nc([N+](=O)[O-])nc32)C(OC(C)=O)C1OC(C)=O. The number of carbonyl (C=O) groups excluding carboxylic acids is 5. The van der Waals surface area contributed by atoms with E-state index in [1.165, 1.54) is 0 Å². The van der Waals surface area contributed by atoms with Gasteiger partial charge in [-0.25, -0.2) is 9.88 Å². The number of imidazole rings is 1. The standard InChI is InChI=1S/C20H22N6O11/c1-8(27)25(9(2)28)18-14-17(22-20(23-18)26(32)33)24(7-21-14)19-16(36-12(5)31)15(35-11(4)30)13(37-19)6-34-10(3)29/h7,13,15-16,19H,6H2,1-5H3. The van der Waals surface area contributed by atoms with Gasteiger partial charge in [0.2, 0.25) is 17.5 Å². The highest BCUT2D eigenvalue weighted by atomic mass is 16.7. The number of carbonyl (C=O) groups is 5. The van der Waals surface area contributed by atoms with Crippen LogP contribution in [0.4, 0.5) is 11.8 Å². The summed E-state index contributed by atoms with van der Waals surface area (Å²) >= 11 is 0. The lowest BCUT2D eigenvalue weighted by molar-refractivity contribution is -0.394. The van der Waals surface area contributed by atoms with Gasteiger partial charge < -0.3 is 29.1 Å². The zero-order chi connectivity index (χ0) is 27.6. The molecular weight excluding hydrogens is 500 g/mol. The first-order valence-corrected chi connectivity index (χ1v) is 10.6. The summed E-state index contributed by atoms with van der Waals surface area (Å²) in [5.74, 6) is -5.20. The van der Waals surface area contributed by atoms with Gasteiger partial charge in [-0.15, -0.1) is 0 Å². The Kier molecular flexibility index (Phi) is 7.76. The van der Waals surface area contributed by atoms with Crippen molar-refractivity contribution in [3.05, 3.63) is 16.4 Å². The fraction of sp³-hybridized carbons (Fsp3) is 0.500. The predicted molar refractivity (Wildman–Crippen MR) is 117 cm³/mol. The number of hydrogen-bond acceptors (Lipinski definition) is 14. The van der Waals surface area contributed by atoms with Crippen LogP contribution in [0.15, 0.2) is 6.33 Å². The van der Waals surface area contributed by atoms with E-state index < -0.39 is 77.6 Å². The minimum Gasteiger partial charge on any atom is -0.463 e. The molecule has 37 heavy (non-hydrogen) atoms. The molecule has 4 unspecified atom stereocenters. The summed E-state index contributed by atoms with van der Waals surface area (Å²) in [4.78, 5) is 82.2. The van der Waals surface area contributed by atoms with Crippen LogP contribution in [0, 0.1) is 10.1 Å². The number of aromatic nitrogens is 4. The molecule has 0 radical (unpaired) electrons. The van der Waals surface area contributed by atoms with E-state index in [-0.39, 0.29) is 11.2 Å². The monoisotopic (exact) mass is 522 g/mol. The first-order chi connectivity index (χ1) is 17.3. The van der Waals surface area contributed by atoms with Gasteiger partial charge in [-0.2, -0.15) is 0 Å². The second-order valence-corrected chi connectivity index (χ2v) is 7.82. The molecule has 198 valence electrons. The molecule has 0 aromatic carbocycles. The molecular formula is C20H22N6O11. The molecule has 3 rings (SSSR count). The molecule has 17 nitrogen and oxygen atoms in total. The third kappa shape index (κ3) is 5.66. The molecule has 0 N–H and O–H groups in total. The lowest BCUT2D eigenvalue weighted by Gasteiger charge is -2.23. The summed E-state index contributed by atoms with van der Waals surface area (Å²) in [6.45, 7) is 5.06. The van der Waals surface area contributed by atoms with E-state index in [1.54, 1.807) is 0 Å². The third-order valence-electron chi connectivity index (χ3n) is 5.01. The lowest BCUT2D eigenvalue weighted by Crippen LogP contribution is -2.40. The van der Waals surface area contributed by atoms with Crippen LogP contribution in [0.2, 0.25) is 0 Å². The predicted octanol–water partition coefficient (Wildman–Crippen LogP) is -0.0422. The molecule has 0 spiro atoms. The van der Waals surface area contributed by atoms with Gasteiger partial charge in [0.05, 0.1) is 0 Å². The molecule has 2 aromatic rings. The number of anilines is 1. The van der Waals surface area contributed by atoms with Crippen LogP contribution in [0.3, 0.4) is 0 Å². The van der Waals surface area contributed by atoms with Crippen molar-refractivity contribution in [1.29, 1.82) is 0 Å². The smallest absolute Gasteiger partial charge is 0.463 e. The van der Waals surface area contributed by atoms with Crippen LogP contribution in [0.5, 0.6) is 0 Å². The highest BCUT2D eigenvalue weighted by Gasteiger charge is 2.51. The van der Waals surface area contributed by atoms with Gasteiger partial charge in [0.1, 0.15) is 19.0 Å². The van der Waals surface area contributed by atoms with Crippen molar-refractivity contribution >= 4 is 52.7 Å². The van der Waals surface area contributed by atoms with E-state index >= 15 is 0 Å². The number of esters is 3. The fourth-order valence-corrected chi connectivity index (χ4v) is 3.75. The van der Waals surface area contributed by atoms with Gasteiger partial charge in [0.25, 0.3) is 5.82 Å². The Hall–Kier alpha value is -4.54. The van der Waals surface area contributed by atoms with Gasteiger partial charge >= 0.3 is 23.9 Å².